The van der Waals surface area contributed by atoms with Crippen molar-refractivity contribution in [3.05, 3.63) is 23.7 Å². The van der Waals surface area contributed by atoms with Crippen LogP contribution in [0.15, 0.2) is 21.7 Å². The number of ether oxygens (including phenoxy) is 2. The number of hydrazone groups is 1. The predicted molar refractivity (Wildman–Crippen MR) is 64.1 cm³/mol. The summed E-state index contributed by atoms with van der Waals surface area (Å²) < 4.78 is 15.9. The molecule has 0 spiro atoms. The van der Waals surface area contributed by atoms with E-state index in [1.54, 1.807) is 13.0 Å². The lowest BCUT2D eigenvalue weighted by molar-refractivity contribution is -0.159. The minimum Gasteiger partial charge on any atom is -0.460 e. The van der Waals surface area contributed by atoms with Crippen molar-refractivity contribution in [3.8, 4) is 0 Å². The molecule has 1 amide bonds. The minimum absolute atomic E-state index is 0.113. The normalized spacial score (nSPS) is 18.3. The first-order valence-corrected chi connectivity index (χ1v) is 5.74. The molecule has 0 unspecified atom stereocenters. The molecule has 1 aliphatic heterocycles. The lowest BCUT2D eigenvalue weighted by atomic mass is 10.2. The van der Waals surface area contributed by atoms with Gasteiger partial charge in [-0.15, -0.1) is 0 Å². The van der Waals surface area contributed by atoms with E-state index in [4.69, 9.17) is 13.9 Å². The van der Waals surface area contributed by atoms with E-state index in [2.05, 4.69) is 10.5 Å². The molecule has 18 heavy (non-hydrogen) atoms. The zero-order valence-corrected chi connectivity index (χ0v) is 10.4. The third-order valence-electron chi connectivity index (χ3n) is 2.52. The number of aryl methyl sites for hydroxylation is 1. The Hall–Kier alpha value is -1.66. The highest BCUT2D eigenvalue weighted by atomic mass is 16.7. The Morgan fingerprint density at radius 3 is 2.83 bits per heavy atom. The second kappa shape index (κ2) is 5.32. The molecule has 1 fully saturated rings. The van der Waals surface area contributed by atoms with Gasteiger partial charge < -0.3 is 13.9 Å². The fraction of sp³-hybridized carbons (Fsp3) is 0.500. The molecule has 0 aromatic carbocycles. The molecule has 0 atom stereocenters. The summed E-state index contributed by atoms with van der Waals surface area (Å²) in [7, 11) is 0. The van der Waals surface area contributed by atoms with Gasteiger partial charge in [0, 0.05) is 0 Å². The fourth-order valence-electron chi connectivity index (χ4n) is 1.68. The van der Waals surface area contributed by atoms with Gasteiger partial charge in [-0.05, 0) is 26.0 Å². The Kier molecular flexibility index (Phi) is 3.78. The molecule has 1 aliphatic rings. The van der Waals surface area contributed by atoms with E-state index in [1.165, 1.54) is 6.21 Å². The quantitative estimate of drug-likeness (QED) is 0.645. The average Bonchev–Trinajstić information content (AvgIpc) is 2.88. The summed E-state index contributed by atoms with van der Waals surface area (Å²) in [5, 5.41) is 3.80. The molecule has 0 radical (unpaired) electrons. The Labute approximate surface area is 105 Å². The number of hydrogen-bond acceptors (Lipinski definition) is 5. The van der Waals surface area contributed by atoms with E-state index in [0.29, 0.717) is 19.0 Å². The first kappa shape index (κ1) is 12.8. The van der Waals surface area contributed by atoms with Gasteiger partial charge in [0.25, 0.3) is 0 Å². The molecule has 1 saturated heterocycles. The van der Waals surface area contributed by atoms with Gasteiger partial charge in [0.15, 0.2) is 5.79 Å². The molecule has 0 saturated carbocycles. The maximum Gasteiger partial charge on any atom is 0.245 e. The Morgan fingerprint density at radius 2 is 2.22 bits per heavy atom. The zero-order valence-electron chi connectivity index (χ0n) is 10.4. The van der Waals surface area contributed by atoms with Crippen LogP contribution in [0, 0.1) is 6.92 Å². The maximum absolute atomic E-state index is 11.6. The summed E-state index contributed by atoms with van der Waals surface area (Å²) in [4.78, 5) is 11.6. The molecule has 6 nitrogen and oxygen atoms in total. The number of nitrogens with one attached hydrogen (secondary N) is 1. The summed E-state index contributed by atoms with van der Waals surface area (Å²) in [5.41, 5.74) is 2.40. The van der Waals surface area contributed by atoms with Gasteiger partial charge in [-0.2, -0.15) is 5.10 Å². The van der Waals surface area contributed by atoms with Crippen LogP contribution in [-0.4, -0.2) is 31.1 Å². The van der Waals surface area contributed by atoms with Crippen molar-refractivity contribution in [3.63, 3.8) is 0 Å². The van der Waals surface area contributed by atoms with Crippen LogP contribution in [0.2, 0.25) is 0 Å². The van der Waals surface area contributed by atoms with Crippen LogP contribution < -0.4 is 5.43 Å². The molecular weight excluding hydrogens is 236 g/mol. The number of hydrogen-bond donors (Lipinski definition) is 1. The number of nitrogens with zero attached hydrogens (tertiary/aromatic N) is 1. The second-order valence-electron chi connectivity index (χ2n) is 4.25. The maximum atomic E-state index is 11.6. The minimum atomic E-state index is -0.832. The van der Waals surface area contributed by atoms with Crippen molar-refractivity contribution < 1.29 is 18.7 Å². The summed E-state index contributed by atoms with van der Waals surface area (Å²) in [5.74, 6) is 0.287. The van der Waals surface area contributed by atoms with E-state index < -0.39 is 5.79 Å². The second-order valence-corrected chi connectivity index (χ2v) is 4.25. The van der Waals surface area contributed by atoms with Crippen molar-refractivity contribution in [2.24, 2.45) is 5.10 Å². The summed E-state index contributed by atoms with van der Waals surface area (Å²) in [6, 6.07) is 3.60. The number of rotatable bonds is 4. The molecular formula is C12H16N2O4. The third kappa shape index (κ3) is 3.41. The topological polar surface area (TPSA) is 73.1 Å². The number of carbonyl (C=O) groups is 1. The molecule has 1 N–H and O–H groups in total. The number of amides is 1. The van der Waals surface area contributed by atoms with Crippen LogP contribution in [0.1, 0.15) is 24.9 Å². The lowest BCUT2D eigenvalue weighted by Crippen LogP contribution is -2.33. The molecule has 2 rings (SSSR count). The van der Waals surface area contributed by atoms with Crippen molar-refractivity contribution >= 4 is 12.1 Å². The van der Waals surface area contributed by atoms with E-state index in [-0.39, 0.29) is 12.3 Å². The van der Waals surface area contributed by atoms with Crippen molar-refractivity contribution in [2.75, 3.05) is 13.2 Å². The van der Waals surface area contributed by atoms with Crippen LogP contribution in [-0.2, 0) is 14.3 Å². The molecule has 6 heteroatoms. The highest BCUT2D eigenvalue weighted by Gasteiger charge is 2.33. The van der Waals surface area contributed by atoms with Crippen molar-refractivity contribution in [1.82, 2.24) is 5.43 Å². The Balaban J connectivity index is 1.79. The number of carbonyl (C=O) groups excluding carboxylic acids is 1. The van der Waals surface area contributed by atoms with E-state index in [9.17, 15) is 4.79 Å². The molecule has 98 valence electrons. The van der Waals surface area contributed by atoms with Crippen LogP contribution in [0.3, 0.4) is 0 Å². The van der Waals surface area contributed by atoms with Crippen molar-refractivity contribution in [1.29, 1.82) is 0 Å². The van der Waals surface area contributed by atoms with E-state index in [0.717, 1.165) is 5.76 Å². The van der Waals surface area contributed by atoms with Gasteiger partial charge in [0.05, 0.1) is 25.8 Å². The largest absolute Gasteiger partial charge is 0.460 e. The van der Waals surface area contributed by atoms with Gasteiger partial charge >= 0.3 is 0 Å². The highest BCUT2D eigenvalue weighted by Crippen LogP contribution is 2.22. The zero-order chi connectivity index (χ0) is 13.0. The standard InChI is InChI=1S/C12H16N2O4/c1-9-3-4-10(18-9)8-13-14-11(15)7-12(2)16-5-6-17-12/h3-4,8H,5-7H2,1-2H3,(H,14,15)/b13-8+. The van der Waals surface area contributed by atoms with Gasteiger partial charge in [-0.3, -0.25) is 4.79 Å². The van der Waals surface area contributed by atoms with Crippen molar-refractivity contribution in [2.45, 2.75) is 26.1 Å². The van der Waals surface area contributed by atoms with Gasteiger partial charge in [-0.25, -0.2) is 5.43 Å². The third-order valence-corrected chi connectivity index (χ3v) is 2.52. The van der Waals surface area contributed by atoms with E-state index in [1.807, 2.05) is 13.0 Å². The molecule has 0 bridgehead atoms. The highest BCUT2D eigenvalue weighted by molar-refractivity contribution is 5.80. The molecule has 0 aliphatic carbocycles. The molecule has 1 aromatic rings. The first-order chi connectivity index (χ1) is 8.57. The van der Waals surface area contributed by atoms with Crippen LogP contribution >= 0.6 is 0 Å². The summed E-state index contributed by atoms with van der Waals surface area (Å²) >= 11 is 0. The first-order valence-electron chi connectivity index (χ1n) is 5.74. The van der Waals surface area contributed by atoms with E-state index >= 15 is 0 Å². The van der Waals surface area contributed by atoms with Gasteiger partial charge in [-0.1, -0.05) is 0 Å². The average molecular weight is 252 g/mol. The molecule has 2 heterocycles. The van der Waals surface area contributed by atoms with Gasteiger partial charge in [0.2, 0.25) is 5.91 Å². The summed E-state index contributed by atoms with van der Waals surface area (Å²) in [6.07, 6.45) is 1.56. The summed E-state index contributed by atoms with van der Waals surface area (Å²) in [6.45, 7) is 4.60. The Morgan fingerprint density at radius 1 is 1.50 bits per heavy atom. The predicted octanol–water partition coefficient (Wildman–Crippen LogP) is 1.19. The monoisotopic (exact) mass is 252 g/mol. The van der Waals surface area contributed by atoms with Crippen LogP contribution in [0.5, 0.6) is 0 Å². The molecule has 1 aromatic heterocycles. The van der Waals surface area contributed by atoms with Crippen LogP contribution in [0.25, 0.3) is 0 Å². The lowest BCUT2D eigenvalue weighted by Gasteiger charge is -2.20. The SMILES string of the molecule is Cc1ccc(/C=N/NC(=O)CC2(C)OCCO2)o1. The Bertz CT molecular complexity index is 447. The van der Waals surface area contributed by atoms with Crippen LogP contribution in [0.4, 0.5) is 0 Å². The van der Waals surface area contributed by atoms with Gasteiger partial charge in [0.1, 0.15) is 11.5 Å². The smallest absolute Gasteiger partial charge is 0.245 e. The number of furan rings is 1. The fourth-order valence-corrected chi connectivity index (χ4v) is 1.68.